The number of carbonyl (C=O) groups is 1. The van der Waals surface area contributed by atoms with Crippen LogP contribution in [0.3, 0.4) is 0 Å². The molecule has 9 nitrogen and oxygen atoms in total. The van der Waals surface area contributed by atoms with Gasteiger partial charge < -0.3 is 20.3 Å². The number of ether oxygens (including phenoxy) is 1. The molecule has 182 valence electrons. The summed E-state index contributed by atoms with van der Waals surface area (Å²) in [4.78, 5) is 11.1. The molecule has 1 aromatic heterocycles. The van der Waals surface area contributed by atoms with Gasteiger partial charge in [-0.15, -0.1) is 5.10 Å². The van der Waals surface area contributed by atoms with Crippen LogP contribution in [-0.4, -0.2) is 54.6 Å². The fraction of sp³-hybridized carbons (Fsp3) is 0.680. The van der Waals surface area contributed by atoms with Gasteiger partial charge in [0.2, 0.25) is 0 Å². The summed E-state index contributed by atoms with van der Waals surface area (Å²) in [5, 5.41) is 35.3. The zero-order valence-electron chi connectivity index (χ0n) is 19.4. The lowest BCUT2D eigenvalue weighted by Crippen LogP contribution is -2.58. The van der Waals surface area contributed by atoms with Crippen LogP contribution < -0.4 is 10.1 Å². The second-order valence-electron chi connectivity index (χ2n) is 11.4. The molecule has 4 bridgehead atoms. The van der Waals surface area contributed by atoms with Crippen LogP contribution in [0.15, 0.2) is 18.2 Å². The molecule has 34 heavy (non-hydrogen) atoms. The fourth-order valence-electron chi connectivity index (χ4n) is 7.16. The molecular weight excluding hydrogens is 434 g/mol. The highest BCUT2D eigenvalue weighted by atomic mass is 16.5. The molecule has 2 atom stereocenters. The summed E-state index contributed by atoms with van der Waals surface area (Å²) in [5.41, 5.74) is 1.92. The first-order valence-electron chi connectivity index (χ1n) is 12.6. The van der Waals surface area contributed by atoms with Crippen LogP contribution in [0.2, 0.25) is 0 Å². The van der Waals surface area contributed by atoms with Gasteiger partial charge in [-0.05, 0) is 90.7 Å². The number of aliphatic carboxylic acids is 1. The Balaban J connectivity index is 1.13. The van der Waals surface area contributed by atoms with Gasteiger partial charge in [0.25, 0.3) is 0 Å². The number of rotatable bonds is 10. The van der Waals surface area contributed by atoms with E-state index in [2.05, 4.69) is 33.0 Å². The van der Waals surface area contributed by atoms with E-state index < -0.39 is 11.6 Å². The Morgan fingerprint density at radius 2 is 2.00 bits per heavy atom. The van der Waals surface area contributed by atoms with Gasteiger partial charge >= 0.3 is 5.97 Å². The van der Waals surface area contributed by atoms with Crippen molar-refractivity contribution in [2.75, 3.05) is 6.54 Å². The molecule has 0 spiro atoms. The van der Waals surface area contributed by atoms with Crippen molar-refractivity contribution >= 4 is 5.97 Å². The first-order valence-corrected chi connectivity index (χ1v) is 12.6. The highest BCUT2D eigenvalue weighted by Crippen LogP contribution is 2.61. The quantitative estimate of drug-likeness (QED) is 0.487. The number of tetrazole rings is 1. The maximum absolute atomic E-state index is 11.1. The van der Waals surface area contributed by atoms with E-state index in [0.717, 1.165) is 62.1 Å². The summed E-state index contributed by atoms with van der Waals surface area (Å²) in [6.45, 7) is 2.08. The van der Waals surface area contributed by atoms with Gasteiger partial charge in [0.05, 0.1) is 18.2 Å². The maximum Gasteiger partial charge on any atom is 0.311 e. The lowest BCUT2D eigenvalue weighted by Gasteiger charge is -2.60. The van der Waals surface area contributed by atoms with Crippen LogP contribution in [0.1, 0.15) is 68.3 Å². The minimum atomic E-state index is -0.960. The van der Waals surface area contributed by atoms with Gasteiger partial charge in [0.1, 0.15) is 12.2 Å². The normalized spacial score (nSPS) is 31.7. The second-order valence-corrected chi connectivity index (χ2v) is 11.4. The van der Waals surface area contributed by atoms with E-state index >= 15 is 0 Å². The van der Waals surface area contributed by atoms with E-state index in [1.165, 1.54) is 23.9 Å². The van der Waals surface area contributed by atoms with Crippen LogP contribution in [0.25, 0.3) is 0 Å². The van der Waals surface area contributed by atoms with Crippen molar-refractivity contribution in [3.8, 4) is 5.75 Å². The number of carboxylic acids is 1. The smallest absolute Gasteiger partial charge is 0.311 e. The SMILES string of the molecule is O=C(O)Cc1nnnn1Cc1ccc(CNCC23CC4CC(CC(O)(C4)C2)C3)cc1OC1CC1. The molecule has 0 saturated heterocycles. The van der Waals surface area contributed by atoms with E-state index in [4.69, 9.17) is 9.84 Å². The number of carboxylic acid groups (broad SMARTS) is 1. The monoisotopic (exact) mass is 467 g/mol. The Kier molecular flexibility index (Phi) is 5.37. The molecular formula is C25H33N5O4. The number of benzene rings is 1. The van der Waals surface area contributed by atoms with Crippen LogP contribution in [0.5, 0.6) is 5.75 Å². The van der Waals surface area contributed by atoms with E-state index in [0.29, 0.717) is 24.2 Å². The van der Waals surface area contributed by atoms with Crippen LogP contribution in [0, 0.1) is 17.3 Å². The van der Waals surface area contributed by atoms with E-state index in [-0.39, 0.29) is 17.9 Å². The molecule has 9 heteroatoms. The number of hydrogen-bond acceptors (Lipinski definition) is 7. The van der Waals surface area contributed by atoms with Crippen molar-refractivity contribution in [3.05, 3.63) is 35.2 Å². The van der Waals surface area contributed by atoms with Crippen molar-refractivity contribution in [1.29, 1.82) is 0 Å². The third-order valence-electron chi connectivity index (χ3n) is 8.17. The molecule has 0 radical (unpaired) electrons. The summed E-state index contributed by atoms with van der Waals surface area (Å²) in [6.07, 6.45) is 8.91. The van der Waals surface area contributed by atoms with Gasteiger partial charge in [-0.3, -0.25) is 4.79 Å². The third kappa shape index (κ3) is 4.55. The molecule has 0 amide bonds. The molecule has 3 N–H and O–H groups in total. The van der Waals surface area contributed by atoms with Gasteiger partial charge in [-0.25, -0.2) is 4.68 Å². The van der Waals surface area contributed by atoms with Crippen LogP contribution in [0.4, 0.5) is 0 Å². The summed E-state index contributed by atoms with van der Waals surface area (Å²) in [6, 6.07) is 6.22. The standard InChI is InChI=1S/C25H33N5O4/c31-23(32)7-22-27-28-29-30(22)13-19-2-1-16(6-21(19)34-20-3-4-20)12-26-15-24-8-17-5-18(9-24)11-25(33,10-17)14-24/h1-2,6,17-18,20,26,33H,3-5,7-15H2,(H,31,32). The Labute approximate surface area is 198 Å². The highest BCUT2D eigenvalue weighted by Gasteiger charge is 2.56. The topological polar surface area (TPSA) is 122 Å². The minimum absolute atomic E-state index is 0.216. The molecule has 7 rings (SSSR count). The van der Waals surface area contributed by atoms with Gasteiger partial charge in [0, 0.05) is 18.7 Å². The number of nitrogens with zero attached hydrogens (tertiary/aromatic N) is 4. The van der Waals surface area contributed by atoms with Gasteiger partial charge in [-0.1, -0.05) is 12.1 Å². The number of aliphatic hydroxyl groups is 1. The summed E-state index contributed by atoms with van der Waals surface area (Å²) < 4.78 is 7.73. The molecule has 1 heterocycles. The van der Waals surface area contributed by atoms with Crippen molar-refractivity contribution in [2.45, 2.75) is 82.6 Å². The Bertz CT molecular complexity index is 1070. The van der Waals surface area contributed by atoms with E-state index in [1.807, 2.05) is 6.07 Å². The Morgan fingerprint density at radius 1 is 1.21 bits per heavy atom. The molecule has 1 aromatic carbocycles. The first-order chi connectivity index (χ1) is 16.4. The average molecular weight is 468 g/mol. The molecule has 5 aliphatic carbocycles. The maximum atomic E-state index is 11.1. The van der Waals surface area contributed by atoms with E-state index in [9.17, 15) is 9.90 Å². The van der Waals surface area contributed by atoms with Crippen molar-refractivity contribution < 1.29 is 19.7 Å². The predicted molar refractivity (Wildman–Crippen MR) is 122 cm³/mol. The zero-order chi connectivity index (χ0) is 23.3. The number of nitrogens with one attached hydrogen (secondary N) is 1. The molecule has 0 aliphatic heterocycles. The fourth-order valence-corrected chi connectivity index (χ4v) is 7.16. The summed E-state index contributed by atoms with van der Waals surface area (Å²) in [7, 11) is 0. The van der Waals surface area contributed by atoms with E-state index in [1.54, 1.807) is 0 Å². The number of hydrogen-bond donors (Lipinski definition) is 3. The Morgan fingerprint density at radius 3 is 2.71 bits per heavy atom. The Hall–Kier alpha value is -2.52. The lowest BCUT2D eigenvalue weighted by molar-refractivity contribution is -0.162. The zero-order valence-corrected chi connectivity index (χ0v) is 19.4. The molecule has 2 aromatic rings. The first kappa shape index (κ1) is 22.0. The van der Waals surface area contributed by atoms with Crippen LogP contribution in [-0.2, 0) is 24.3 Å². The summed E-state index contributed by atoms with van der Waals surface area (Å²) >= 11 is 0. The minimum Gasteiger partial charge on any atom is -0.490 e. The molecule has 2 unspecified atom stereocenters. The molecule has 5 saturated carbocycles. The van der Waals surface area contributed by atoms with Crippen LogP contribution >= 0.6 is 0 Å². The largest absolute Gasteiger partial charge is 0.490 e. The van der Waals surface area contributed by atoms with Gasteiger partial charge in [0.15, 0.2) is 5.82 Å². The molecule has 5 aliphatic rings. The predicted octanol–water partition coefficient (Wildman–Crippen LogP) is 2.31. The van der Waals surface area contributed by atoms with Crippen molar-refractivity contribution in [2.24, 2.45) is 17.3 Å². The third-order valence-corrected chi connectivity index (χ3v) is 8.17. The summed E-state index contributed by atoms with van der Waals surface area (Å²) in [5.74, 6) is 1.58. The van der Waals surface area contributed by atoms with Crippen molar-refractivity contribution in [1.82, 2.24) is 25.5 Å². The lowest BCUT2D eigenvalue weighted by atomic mass is 9.48. The second kappa shape index (κ2) is 8.30. The molecule has 5 fully saturated rings. The highest BCUT2D eigenvalue weighted by molar-refractivity contribution is 5.68. The average Bonchev–Trinajstić information content (AvgIpc) is 3.46. The van der Waals surface area contributed by atoms with Crippen molar-refractivity contribution in [3.63, 3.8) is 0 Å². The van der Waals surface area contributed by atoms with Gasteiger partial charge in [-0.2, -0.15) is 0 Å². The number of aromatic nitrogens is 4.